The SMILES string of the molecule is CNCCc1ccccc1C(=O)C1CCC(C)CC1. The first-order chi connectivity index (χ1) is 9.22. The lowest BCUT2D eigenvalue weighted by atomic mass is 9.78. The van der Waals surface area contributed by atoms with Gasteiger partial charge in [-0.05, 0) is 44.3 Å². The highest BCUT2D eigenvalue weighted by Gasteiger charge is 2.26. The quantitative estimate of drug-likeness (QED) is 0.821. The van der Waals surface area contributed by atoms with Crippen molar-refractivity contribution < 1.29 is 4.79 Å². The van der Waals surface area contributed by atoms with Crippen molar-refractivity contribution in [2.24, 2.45) is 11.8 Å². The van der Waals surface area contributed by atoms with Gasteiger partial charge in [0.2, 0.25) is 0 Å². The predicted molar refractivity (Wildman–Crippen MR) is 79.5 cm³/mol. The number of rotatable bonds is 5. The molecule has 0 bridgehead atoms. The Hall–Kier alpha value is -1.15. The second-order valence-electron chi connectivity index (χ2n) is 5.83. The van der Waals surface area contributed by atoms with E-state index in [1.54, 1.807) is 0 Å². The number of Topliss-reactive ketones (excluding diaryl/α,β-unsaturated/α-hetero) is 1. The Balaban J connectivity index is 2.09. The standard InChI is InChI=1S/C17H25NO/c1-13-7-9-15(10-8-13)17(19)16-6-4-3-5-14(16)11-12-18-2/h3-6,13,15,18H,7-12H2,1-2H3. The lowest BCUT2D eigenvalue weighted by molar-refractivity contribution is 0.0874. The van der Waals surface area contributed by atoms with Crippen molar-refractivity contribution in [2.75, 3.05) is 13.6 Å². The van der Waals surface area contributed by atoms with Crippen LogP contribution in [0, 0.1) is 11.8 Å². The normalized spacial score (nSPS) is 23.3. The molecule has 0 spiro atoms. The van der Waals surface area contributed by atoms with Crippen LogP contribution in [0.15, 0.2) is 24.3 Å². The Morgan fingerprint density at radius 1 is 1.21 bits per heavy atom. The topological polar surface area (TPSA) is 29.1 Å². The number of hydrogen-bond acceptors (Lipinski definition) is 2. The van der Waals surface area contributed by atoms with Gasteiger partial charge in [0.1, 0.15) is 0 Å². The van der Waals surface area contributed by atoms with Crippen molar-refractivity contribution in [3.05, 3.63) is 35.4 Å². The van der Waals surface area contributed by atoms with Crippen LogP contribution in [-0.4, -0.2) is 19.4 Å². The summed E-state index contributed by atoms with van der Waals surface area (Å²) < 4.78 is 0. The van der Waals surface area contributed by atoms with Gasteiger partial charge in [0, 0.05) is 11.5 Å². The number of benzene rings is 1. The molecule has 2 nitrogen and oxygen atoms in total. The molecule has 2 heteroatoms. The van der Waals surface area contributed by atoms with Crippen LogP contribution in [-0.2, 0) is 6.42 Å². The fraction of sp³-hybridized carbons (Fsp3) is 0.588. The maximum atomic E-state index is 12.7. The van der Waals surface area contributed by atoms with Crippen LogP contribution < -0.4 is 5.32 Å². The molecule has 0 aliphatic heterocycles. The van der Waals surface area contributed by atoms with E-state index in [0.29, 0.717) is 5.78 Å². The fourth-order valence-electron chi connectivity index (χ4n) is 2.98. The van der Waals surface area contributed by atoms with E-state index >= 15 is 0 Å². The molecule has 1 saturated carbocycles. The Bertz CT molecular complexity index is 419. The summed E-state index contributed by atoms with van der Waals surface area (Å²) in [6.45, 7) is 3.22. The van der Waals surface area contributed by atoms with Gasteiger partial charge < -0.3 is 5.32 Å². The van der Waals surface area contributed by atoms with Gasteiger partial charge in [-0.1, -0.05) is 44.0 Å². The van der Waals surface area contributed by atoms with Gasteiger partial charge in [0.15, 0.2) is 5.78 Å². The molecule has 0 amide bonds. The Morgan fingerprint density at radius 2 is 1.89 bits per heavy atom. The summed E-state index contributed by atoms with van der Waals surface area (Å²) >= 11 is 0. The van der Waals surface area contributed by atoms with Crippen LogP contribution in [0.25, 0.3) is 0 Å². The van der Waals surface area contributed by atoms with Crippen molar-refractivity contribution in [2.45, 2.75) is 39.0 Å². The Kier molecular flexibility index (Phi) is 5.15. The van der Waals surface area contributed by atoms with Crippen molar-refractivity contribution in [3.8, 4) is 0 Å². The first-order valence-electron chi connectivity index (χ1n) is 7.49. The van der Waals surface area contributed by atoms with E-state index in [9.17, 15) is 4.79 Å². The molecule has 0 atom stereocenters. The average Bonchev–Trinajstić information content (AvgIpc) is 2.45. The summed E-state index contributed by atoms with van der Waals surface area (Å²) in [5.74, 6) is 1.43. The third-order valence-corrected chi connectivity index (χ3v) is 4.31. The average molecular weight is 259 g/mol. The maximum absolute atomic E-state index is 12.7. The van der Waals surface area contributed by atoms with Gasteiger partial charge in [-0.2, -0.15) is 0 Å². The minimum Gasteiger partial charge on any atom is -0.319 e. The molecule has 1 N–H and O–H groups in total. The molecule has 1 aliphatic carbocycles. The fourth-order valence-corrected chi connectivity index (χ4v) is 2.98. The zero-order chi connectivity index (χ0) is 13.7. The van der Waals surface area contributed by atoms with Crippen LogP contribution in [0.5, 0.6) is 0 Å². The molecule has 1 aromatic rings. The number of carbonyl (C=O) groups is 1. The Labute approximate surface area is 116 Å². The number of hydrogen-bond donors (Lipinski definition) is 1. The third-order valence-electron chi connectivity index (χ3n) is 4.31. The Morgan fingerprint density at radius 3 is 2.58 bits per heavy atom. The van der Waals surface area contributed by atoms with Crippen molar-refractivity contribution >= 4 is 5.78 Å². The minimum absolute atomic E-state index is 0.256. The highest BCUT2D eigenvalue weighted by atomic mass is 16.1. The summed E-state index contributed by atoms with van der Waals surface area (Å²) in [5.41, 5.74) is 2.15. The monoisotopic (exact) mass is 259 g/mol. The number of likely N-dealkylation sites (N-methyl/N-ethyl adjacent to an activating group) is 1. The molecule has 2 rings (SSSR count). The molecule has 19 heavy (non-hydrogen) atoms. The van der Waals surface area contributed by atoms with Gasteiger partial charge in [-0.15, -0.1) is 0 Å². The van der Waals surface area contributed by atoms with Crippen molar-refractivity contribution in [1.29, 1.82) is 0 Å². The molecule has 1 aliphatic rings. The van der Waals surface area contributed by atoms with Crippen LogP contribution in [0.2, 0.25) is 0 Å². The van der Waals surface area contributed by atoms with E-state index in [1.807, 2.05) is 25.2 Å². The number of carbonyl (C=O) groups excluding carboxylic acids is 1. The van der Waals surface area contributed by atoms with Gasteiger partial charge in [0.25, 0.3) is 0 Å². The first kappa shape index (κ1) is 14.3. The van der Waals surface area contributed by atoms with Crippen molar-refractivity contribution in [3.63, 3.8) is 0 Å². The zero-order valence-corrected chi connectivity index (χ0v) is 12.1. The molecule has 0 heterocycles. The maximum Gasteiger partial charge on any atom is 0.166 e. The summed E-state index contributed by atoms with van der Waals surface area (Å²) in [6, 6.07) is 8.12. The second kappa shape index (κ2) is 6.85. The number of ketones is 1. The van der Waals surface area contributed by atoms with E-state index < -0.39 is 0 Å². The van der Waals surface area contributed by atoms with E-state index in [-0.39, 0.29) is 5.92 Å². The van der Waals surface area contributed by atoms with E-state index in [4.69, 9.17) is 0 Å². The van der Waals surface area contributed by atoms with E-state index in [1.165, 1.54) is 18.4 Å². The minimum atomic E-state index is 0.256. The summed E-state index contributed by atoms with van der Waals surface area (Å²) in [6.07, 6.45) is 5.48. The summed E-state index contributed by atoms with van der Waals surface area (Å²) in [5, 5.41) is 3.16. The largest absolute Gasteiger partial charge is 0.319 e. The lowest BCUT2D eigenvalue weighted by Gasteiger charge is -2.25. The van der Waals surface area contributed by atoms with Crippen LogP contribution in [0.3, 0.4) is 0 Å². The van der Waals surface area contributed by atoms with Crippen LogP contribution in [0.4, 0.5) is 0 Å². The summed E-state index contributed by atoms with van der Waals surface area (Å²) in [7, 11) is 1.95. The third kappa shape index (κ3) is 3.66. The molecule has 0 aromatic heterocycles. The van der Waals surface area contributed by atoms with Gasteiger partial charge >= 0.3 is 0 Å². The molecular formula is C17H25NO. The van der Waals surface area contributed by atoms with Crippen LogP contribution >= 0.6 is 0 Å². The molecule has 1 aromatic carbocycles. The predicted octanol–water partition coefficient (Wildman–Crippen LogP) is 3.46. The highest BCUT2D eigenvalue weighted by Crippen LogP contribution is 2.31. The van der Waals surface area contributed by atoms with Gasteiger partial charge in [-0.3, -0.25) is 4.79 Å². The molecule has 0 unspecified atom stereocenters. The van der Waals surface area contributed by atoms with Crippen LogP contribution in [0.1, 0.15) is 48.5 Å². The van der Waals surface area contributed by atoms with Gasteiger partial charge in [0.05, 0.1) is 0 Å². The summed E-state index contributed by atoms with van der Waals surface area (Å²) in [4.78, 5) is 12.7. The number of nitrogens with one attached hydrogen (secondary N) is 1. The zero-order valence-electron chi connectivity index (χ0n) is 12.1. The smallest absolute Gasteiger partial charge is 0.166 e. The molecule has 0 saturated heterocycles. The highest BCUT2D eigenvalue weighted by molar-refractivity contribution is 5.99. The lowest BCUT2D eigenvalue weighted by Crippen LogP contribution is -2.22. The molecular weight excluding hydrogens is 234 g/mol. The molecule has 1 fully saturated rings. The van der Waals surface area contributed by atoms with Gasteiger partial charge in [-0.25, -0.2) is 0 Å². The second-order valence-corrected chi connectivity index (χ2v) is 5.83. The van der Waals surface area contributed by atoms with E-state index in [2.05, 4.69) is 18.3 Å². The molecule has 0 radical (unpaired) electrons. The van der Waals surface area contributed by atoms with E-state index in [0.717, 1.165) is 37.3 Å². The van der Waals surface area contributed by atoms with Crippen molar-refractivity contribution in [1.82, 2.24) is 5.32 Å². The molecule has 104 valence electrons. The first-order valence-corrected chi connectivity index (χ1v) is 7.49.